The van der Waals surface area contributed by atoms with Crippen LogP contribution in [0.2, 0.25) is 0 Å². The molecule has 4 N–H and O–H groups in total. The zero-order valence-corrected chi connectivity index (χ0v) is 40.9. The molecular weight excluding hydrogens is 934 g/mol. The fourth-order valence-corrected chi connectivity index (χ4v) is 10.6. The number of alkyl halides is 3. The van der Waals surface area contributed by atoms with Gasteiger partial charge < -0.3 is 30.3 Å². The smallest absolute Gasteiger partial charge is 0.383 e. The lowest BCUT2D eigenvalue weighted by Gasteiger charge is -2.40. The van der Waals surface area contributed by atoms with Gasteiger partial charge in [0.05, 0.1) is 22.1 Å². The van der Waals surface area contributed by atoms with E-state index < -0.39 is 35.1 Å². The van der Waals surface area contributed by atoms with Crippen molar-refractivity contribution in [3.63, 3.8) is 0 Å². The summed E-state index contributed by atoms with van der Waals surface area (Å²) >= 11 is 0. The van der Waals surface area contributed by atoms with E-state index in [1.807, 2.05) is 47.6 Å². The third-order valence-corrected chi connectivity index (χ3v) is 14.9. The minimum absolute atomic E-state index is 0.0188. The van der Waals surface area contributed by atoms with Crippen molar-refractivity contribution < 1.29 is 36.9 Å². The van der Waals surface area contributed by atoms with Crippen LogP contribution in [0.5, 0.6) is 0 Å². The van der Waals surface area contributed by atoms with Crippen molar-refractivity contribution in [3.8, 4) is 22.8 Å². The molecule has 0 radical (unpaired) electrons. The van der Waals surface area contributed by atoms with E-state index in [-0.39, 0.29) is 60.7 Å². The molecule has 382 valence electrons. The predicted molar refractivity (Wildman–Crippen MR) is 260 cm³/mol. The van der Waals surface area contributed by atoms with E-state index in [0.717, 1.165) is 62.5 Å². The number of piperazine rings is 1. The van der Waals surface area contributed by atoms with E-state index in [2.05, 4.69) is 30.7 Å². The van der Waals surface area contributed by atoms with Gasteiger partial charge in [0.2, 0.25) is 23.6 Å². The van der Waals surface area contributed by atoms with E-state index in [1.165, 1.54) is 12.4 Å². The quantitative estimate of drug-likeness (QED) is 0.123. The first kappa shape index (κ1) is 48.9. The Hall–Kier alpha value is -6.71. The molecule has 0 bridgehead atoms. The maximum atomic E-state index is 14.3. The first-order valence-electron chi connectivity index (χ1n) is 25.1. The summed E-state index contributed by atoms with van der Waals surface area (Å²) in [5.41, 5.74) is 8.81. The molecule has 4 amide bonds. The van der Waals surface area contributed by atoms with Gasteiger partial charge in [0.1, 0.15) is 29.6 Å². The molecule has 22 heteroatoms. The number of fused-ring (bicyclic) bond motifs is 1. The van der Waals surface area contributed by atoms with Gasteiger partial charge in [-0.1, -0.05) is 5.16 Å². The molecule has 8 heterocycles. The predicted octanol–water partition coefficient (Wildman–Crippen LogP) is 5.94. The second kappa shape index (κ2) is 19.7. The summed E-state index contributed by atoms with van der Waals surface area (Å²) in [6.07, 6.45) is 6.30. The highest BCUT2D eigenvalue weighted by atomic mass is 19.4. The number of piperidine rings is 3. The largest absolute Gasteiger partial charge is 0.418 e. The normalized spacial score (nSPS) is 20.1. The van der Waals surface area contributed by atoms with Gasteiger partial charge in [0, 0.05) is 108 Å². The van der Waals surface area contributed by atoms with Gasteiger partial charge in [0.25, 0.3) is 0 Å². The summed E-state index contributed by atoms with van der Waals surface area (Å²) in [6.45, 7) is 11.4. The van der Waals surface area contributed by atoms with Crippen LogP contribution in [0.1, 0.15) is 114 Å². The summed E-state index contributed by atoms with van der Waals surface area (Å²) in [7, 11) is 0. The summed E-state index contributed by atoms with van der Waals surface area (Å²) in [4.78, 5) is 76.6. The van der Waals surface area contributed by atoms with Crippen LogP contribution in [-0.2, 0) is 30.9 Å². The molecule has 10 rings (SSSR count). The minimum atomic E-state index is -4.60. The van der Waals surface area contributed by atoms with Crippen LogP contribution in [0, 0.1) is 5.92 Å². The van der Waals surface area contributed by atoms with E-state index >= 15 is 0 Å². The average molecular weight is 995 g/mol. The molecule has 5 aliphatic rings. The number of nitrogens with zero attached hydrogens (tertiary/aromatic N) is 11. The van der Waals surface area contributed by atoms with Crippen molar-refractivity contribution in [1.82, 2.24) is 54.9 Å². The Bertz CT molecular complexity index is 2830. The molecule has 4 aliphatic heterocycles. The SMILES string of the molecule is CC(C)(C)n1nc(-c2noc(C3CC3)c2-c2ncc(C3CCN(C(=O)CCC(=O)N4CCC(CN5CCN(c6ccc(NC7CCC(=O)NC7=O)cc6C(F)(F)F)CC5)CC4)CC3)cn2)c2c(N)ncnc21. The molecule has 1 unspecified atom stereocenters. The molecule has 1 atom stereocenters. The highest BCUT2D eigenvalue weighted by Gasteiger charge is 2.39. The number of nitrogens with two attached hydrogens (primary N) is 1. The third-order valence-electron chi connectivity index (χ3n) is 14.9. The lowest BCUT2D eigenvalue weighted by atomic mass is 9.91. The Morgan fingerprint density at radius 2 is 1.49 bits per heavy atom. The van der Waals surface area contributed by atoms with E-state index in [0.29, 0.717) is 97.9 Å². The maximum absolute atomic E-state index is 14.3. The number of benzene rings is 1. The number of amides is 4. The van der Waals surface area contributed by atoms with Gasteiger partial charge in [-0.2, -0.15) is 18.3 Å². The van der Waals surface area contributed by atoms with Crippen LogP contribution in [0.3, 0.4) is 0 Å². The Kier molecular flexibility index (Phi) is 13.4. The maximum Gasteiger partial charge on any atom is 0.418 e. The van der Waals surface area contributed by atoms with Crippen molar-refractivity contribution in [2.24, 2.45) is 5.92 Å². The summed E-state index contributed by atoms with van der Waals surface area (Å²) in [6, 6.07) is 3.26. The summed E-state index contributed by atoms with van der Waals surface area (Å²) < 4.78 is 50.7. The highest BCUT2D eigenvalue weighted by Crippen LogP contribution is 2.48. The molecular formula is C50H61F3N14O5. The highest BCUT2D eigenvalue weighted by molar-refractivity contribution is 6.02. The fraction of sp³-hybridized carbons (Fsp3) is 0.560. The Morgan fingerprint density at radius 1 is 0.819 bits per heavy atom. The van der Waals surface area contributed by atoms with Gasteiger partial charge in [-0.25, -0.2) is 24.6 Å². The topological polar surface area (TPSA) is 227 Å². The number of hydrogen-bond acceptors (Lipinski definition) is 15. The third kappa shape index (κ3) is 10.3. The second-order valence-electron chi connectivity index (χ2n) is 20.9. The van der Waals surface area contributed by atoms with E-state index in [4.69, 9.17) is 25.3 Å². The molecule has 1 aliphatic carbocycles. The lowest BCUT2D eigenvalue weighted by Crippen LogP contribution is -2.49. The number of carbonyl (C=O) groups is 4. The molecule has 1 saturated carbocycles. The summed E-state index contributed by atoms with van der Waals surface area (Å²) in [5.74, 6) is 1.26. The number of carbonyl (C=O) groups excluding carboxylic acids is 4. The van der Waals surface area contributed by atoms with Crippen molar-refractivity contribution >= 4 is 51.9 Å². The van der Waals surface area contributed by atoms with Gasteiger partial charge in [-0.15, -0.1) is 0 Å². The zero-order valence-electron chi connectivity index (χ0n) is 40.9. The van der Waals surface area contributed by atoms with Crippen LogP contribution in [0.15, 0.2) is 41.4 Å². The van der Waals surface area contributed by atoms with Crippen molar-refractivity contribution in [1.29, 1.82) is 0 Å². The number of halogens is 3. The Labute approximate surface area is 414 Å². The van der Waals surface area contributed by atoms with Crippen LogP contribution < -0.4 is 21.3 Å². The molecule has 4 saturated heterocycles. The molecule has 0 spiro atoms. The monoisotopic (exact) mass is 994 g/mol. The fourth-order valence-electron chi connectivity index (χ4n) is 10.6. The molecule has 4 aromatic heterocycles. The molecule has 1 aromatic carbocycles. The van der Waals surface area contributed by atoms with Gasteiger partial charge in [-0.05, 0) is 101 Å². The molecule has 5 fully saturated rings. The standard InChI is InChI=1S/C50H61F3N14O5/c1-49(2,3)67-47-41(45(54)57-28-58-47)42(61-67)43-40(44(72-62-43)31-4-5-31)46-55-25-32(26-56-46)30-14-18-66(19-15-30)39(70)11-10-38(69)65-16-12-29(13-17-65)27-63-20-22-64(23-21-63)36-8-6-33(24-34(36)50(51,52)53)59-35-7-9-37(68)60-48(35)71/h6,8,24-26,28-31,35,59H,4-5,7,9-23,27H2,1-3H3,(H2,54,57,58)(H,60,68,71). The van der Waals surface area contributed by atoms with Crippen molar-refractivity contribution in [2.75, 3.05) is 74.9 Å². The van der Waals surface area contributed by atoms with Crippen molar-refractivity contribution in [2.45, 2.75) is 115 Å². The minimum Gasteiger partial charge on any atom is -0.383 e. The van der Waals surface area contributed by atoms with Crippen LogP contribution in [0.25, 0.3) is 33.8 Å². The van der Waals surface area contributed by atoms with Gasteiger partial charge in [0.15, 0.2) is 17.2 Å². The number of aromatic nitrogens is 7. The Morgan fingerprint density at radius 3 is 2.11 bits per heavy atom. The first-order valence-corrected chi connectivity index (χ1v) is 25.1. The van der Waals surface area contributed by atoms with Gasteiger partial charge >= 0.3 is 6.18 Å². The number of anilines is 3. The van der Waals surface area contributed by atoms with Crippen LogP contribution in [0.4, 0.5) is 30.4 Å². The van der Waals surface area contributed by atoms with Crippen molar-refractivity contribution in [3.05, 3.63) is 53.8 Å². The van der Waals surface area contributed by atoms with E-state index in [9.17, 15) is 32.3 Å². The summed E-state index contributed by atoms with van der Waals surface area (Å²) in [5, 5.41) is 15.1. The van der Waals surface area contributed by atoms with Gasteiger partial charge in [-0.3, -0.25) is 29.4 Å². The first-order chi connectivity index (χ1) is 34.5. The second-order valence-corrected chi connectivity index (χ2v) is 20.9. The van der Waals surface area contributed by atoms with E-state index in [1.54, 1.807) is 11.0 Å². The average Bonchev–Trinajstić information content (AvgIpc) is 3.98. The number of nitrogen functional groups attached to an aromatic ring is 1. The lowest BCUT2D eigenvalue weighted by molar-refractivity contribution is -0.138. The number of imide groups is 1. The number of likely N-dealkylation sites (tertiary alicyclic amines) is 2. The number of rotatable bonds is 12. The zero-order chi connectivity index (χ0) is 50.5. The van der Waals surface area contributed by atoms with Crippen LogP contribution >= 0.6 is 0 Å². The molecule has 72 heavy (non-hydrogen) atoms. The molecule has 5 aromatic rings. The number of nitrogens with one attached hydrogen (secondary N) is 2. The molecule has 19 nitrogen and oxygen atoms in total. The number of hydrogen-bond donors (Lipinski definition) is 3. The Balaban J connectivity index is 0.670. The van der Waals surface area contributed by atoms with Crippen LogP contribution in [-0.4, -0.2) is 138 Å².